The number of piperidine rings is 1. The van der Waals surface area contributed by atoms with Gasteiger partial charge >= 0.3 is 0 Å². The minimum absolute atomic E-state index is 0.0693. The first-order chi connectivity index (χ1) is 16.2. The molecular weight excluding hydrogens is 418 g/mol. The van der Waals surface area contributed by atoms with Gasteiger partial charge in [0.2, 0.25) is 17.6 Å². The number of ether oxygens (including phenoxy) is 1. The average Bonchev–Trinajstić information content (AvgIpc) is 3.31. The quantitative estimate of drug-likeness (QED) is 0.586. The summed E-state index contributed by atoms with van der Waals surface area (Å²) in [5.41, 5.74) is 1.90. The molecule has 0 spiro atoms. The van der Waals surface area contributed by atoms with Crippen LogP contribution in [0.4, 0.5) is 5.82 Å². The maximum Gasteiger partial charge on any atom is 0.230 e. The molecule has 1 atom stereocenters. The van der Waals surface area contributed by atoms with Crippen LogP contribution in [0, 0.1) is 5.92 Å². The van der Waals surface area contributed by atoms with Gasteiger partial charge in [-0.2, -0.15) is 4.98 Å². The van der Waals surface area contributed by atoms with Gasteiger partial charge < -0.3 is 19.5 Å². The minimum Gasteiger partial charge on any atom is -0.497 e. The van der Waals surface area contributed by atoms with E-state index in [-0.39, 0.29) is 11.8 Å². The highest BCUT2D eigenvalue weighted by Crippen LogP contribution is 2.37. The number of amides is 1. The summed E-state index contributed by atoms with van der Waals surface area (Å²) in [5, 5.41) is 7.32. The topological polar surface area (TPSA) is 93.4 Å². The molecule has 0 radical (unpaired) electrons. The third-order valence-electron chi connectivity index (χ3n) is 6.64. The smallest absolute Gasteiger partial charge is 0.230 e. The molecule has 33 heavy (non-hydrogen) atoms. The van der Waals surface area contributed by atoms with E-state index in [1.54, 1.807) is 13.3 Å². The van der Waals surface area contributed by atoms with Crippen molar-refractivity contribution in [3.8, 4) is 17.1 Å². The highest BCUT2D eigenvalue weighted by Gasteiger charge is 2.30. The van der Waals surface area contributed by atoms with Crippen LogP contribution in [-0.2, 0) is 11.3 Å². The predicted octanol–water partition coefficient (Wildman–Crippen LogP) is 3.94. The molecule has 2 aromatic heterocycles. The largest absolute Gasteiger partial charge is 0.497 e. The van der Waals surface area contributed by atoms with Crippen LogP contribution in [0.5, 0.6) is 5.75 Å². The number of hydrogen-bond acceptors (Lipinski definition) is 7. The van der Waals surface area contributed by atoms with E-state index in [9.17, 15) is 4.79 Å². The van der Waals surface area contributed by atoms with E-state index in [0.29, 0.717) is 24.8 Å². The fourth-order valence-electron chi connectivity index (χ4n) is 4.45. The Morgan fingerprint density at radius 3 is 2.79 bits per heavy atom. The Bertz CT molecular complexity index is 1090. The van der Waals surface area contributed by atoms with E-state index >= 15 is 0 Å². The van der Waals surface area contributed by atoms with E-state index in [1.165, 1.54) is 6.42 Å². The number of nitrogens with zero attached hydrogens (tertiary/aromatic N) is 4. The molecule has 1 N–H and O–H groups in total. The van der Waals surface area contributed by atoms with Gasteiger partial charge in [0.1, 0.15) is 11.6 Å². The van der Waals surface area contributed by atoms with Gasteiger partial charge in [-0.3, -0.25) is 4.79 Å². The number of aromatic nitrogens is 3. The van der Waals surface area contributed by atoms with Crippen molar-refractivity contribution in [2.24, 2.45) is 5.92 Å². The average molecular weight is 448 g/mol. The van der Waals surface area contributed by atoms with Crippen LogP contribution >= 0.6 is 0 Å². The zero-order valence-corrected chi connectivity index (χ0v) is 18.9. The van der Waals surface area contributed by atoms with Crippen molar-refractivity contribution < 1.29 is 14.1 Å². The van der Waals surface area contributed by atoms with Crippen molar-refractivity contribution in [1.29, 1.82) is 0 Å². The Labute approximate surface area is 193 Å². The minimum atomic E-state index is -0.0948. The number of nitrogens with one attached hydrogen (secondary N) is 1. The molecule has 1 aliphatic heterocycles. The van der Waals surface area contributed by atoms with Crippen molar-refractivity contribution in [2.75, 3.05) is 25.1 Å². The van der Waals surface area contributed by atoms with Crippen LogP contribution < -0.4 is 15.0 Å². The van der Waals surface area contributed by atoms with Gasteiger partial charge in [0.05, 0.1) is 18.6 Å². The number of anilines is 1. The summed E-state index contributed by atoms with van der Waals surface area (Å²) in [6.07, 6.45) is 7.01. The molecule has 0 bridgehead atoms. The standard InChI is InChI=1S/C25H29N5O3/c1-32-20-11-9-17(10-12-20)15-27-24(31)19-7-4-14-30(16-19)23-21(8-3-13-26-23)22-28-25(33-29-22)18-5-2-6-18/h3,8-13,18-19H,2,4-7,14-16H2,1H3,(H,27,31)/t19-/m0/s1. The van der Waals surface area contributed by atoms with Crippen LogP contribution in [0.1, 0.15) is 49.5 Å². The Hall–Kier alpha value is -3.42. The van der Waals surface area contributed by atoms with Gasteiger partial charge in [0, 0.05) is 31.7 Å². The molecule has 8 nitrogen and oxygen atoms in total. The SMILES string of the molecule is COc1ccc(CNC(=O)[C@H]2CCCN(c3ncccc3-c3noc(C4CCC4)n3)C2)cc1. The van der Waals surface area contributed by atoms with Crippen LogP contribution in [-0.4, -0.2) is 41.2 Å². The molecule has 1 saturated heterocycles. The molecule has 2 aliphatic rings. The first-order valence-corrected chi connectivity index (χ1v) is 11.7. The van der Waals surface area contributed by atoms with Crippen molar-refractivity contribution in [2.45, 2.75) is 44.6 Å². The second-order valence-electron chi connectivity index (χ2n) is 8.81. The molecule has 2 fully saturated rings. The van der Waals surface area contributed by atoms with Crippen LogP contribution in [0.15, 0.2) is 47.1 Å². The van der Waals surface area contributed by atoms with E-state index in [2.05, 4.69) is 25.3 Å². The second-order valence-corrected chi connectivity index (χ2v) is 8.81. The van der Waals surface area contributed by atoms with Gasteiger partial charge in [0.25, 0.3) is 0 Å². The highest BCUT2D eigenvalue weighted by molar-refractivity contribution is 5.80. The van der Waals surface area contributed by atoms with Gasteiger partial charge in [-0.15, -0.1) is 0 Å². The molecule has 1 saturated carbocycles. The lowest BCUT2D eigenvalue weighted by Gasteiger charge is -2.33. The summed E-state index contributed by atoms with van der Waals surface area (Å²) >= 11 is 0. The molecule has 172 valence electrons. The number of benzene rings is 1. The van der Waals surface area contributed by atoms with Crippen molar-refractivity contribution in [1.82, 2.24) is 20.4 Å². The maximum atomic E-state index is 12.9. The zero-order valence-electron chi connectivity index (χ0n) is 18.9. The molecular formula is C25H29N5O3. The fraction of sp³-hybridized carbons (Fsp3) is 0.440. The molecule has 1 amide bonds. The Morgan fingerprint density at radius 2 is 2.03 bits per heavy atom. The first kappa shape index (κ1) is 21.4. The van der Waals surface area contributed by atoms with Crippen LogP contribution in [0.3, 0.4) is 0 Å². The summed E-state index contributed by atoms with van der Waals surface area (Å²) < 4.78 is 10.7. The van der Waals surface area contributed by atoms with Crippen molar-refractivity contribution in [3.63, 3.8) is 0 Å². The lowest BCUT2D eigenvalue weighted by molar-refractivity contribution is -0.125. The maximum absolute atomic E-state index is 12.9. The van der Waals surface area contributed by atoms with Gasteiger partial charge in [-0.1, -0.05) is 23.7 Å². The van der Waals surface area contributed by atoms with Crippen LogP contribution in [0.2, 0.25) is 0 Å². The predicted molar refractivity (Wildman–Crippen MR) is 124 cm³/mol. The van der Waals surface area contributed by atoms with E-state index in [0.717, 1.165) is 60.8 Å². The molecule has 1 aromatic carbocycles. The molecule has 3 aromatic rings. The van der Waals surface area contributed by atoms with Crippen LogP contribution in [0.25, 0.3) is 11.4 Å². The summed E-state index contributed by atoms with van der Waals surface area (Å²) in [5.74, 6) is 3.28. The van der Waals surface area contributed by atoms with E-state index in [1.807, 2.05) is 36.4 Å². The number of rotatable bonds is 7. The van der Waals surface area contributed by atoms with Gasteiger partial charge in [0.15, 0.2) is 0 Å². The monoisotopic (exact) mass is 447 g/mol. The Kier molecular flexibility index (Phi) is 6.24. The Morgan fingerprint density at radius 1 is 1.18 bits per heavy atom. The second kappa shape index (κ2) is 9.60. The van der Waals surface area contributed by atoms with Gasteiger partial charge in [-0.05, 0) is 55.5 Å². The highest BCUT2D eigenvalue weighted by atomic mass is 16.5. The van der Waals surface area contributed by atoms with E-state index < -0.39 is 0 Å². The van der Waals surface area contributed by atoms with Gasteiger partial charge in [-0.25, -0.2) is 4.98 Å². The number of carbonyl (C=O) groups is 1. The Balaban J connectivity index is 1.26. The fourth-order valence-corrected chi connectivity index (χ4v) is 4.45. The summed E-state index contributed by atoms with van der Waals surface area (Å²) in [4.78, 5) is 24.4. The number of hydrogen-bond donors (Lipinski definition) is 1. The molecule has 3 heterocycles. The third kappa shape index (κ3) is 4.69. The summed E-state index contributed by atoms with van der Waals surface area (Å²) in [6.45, 7) is 1.96. The lowest BCUT2D eigenvalue weighted by atomic mass is 9.85. The molecule has 0 unspecified atom stereocenters. The first-order valence-electron chi connectivity index (χ1n) is 11.7. The summed E-state index contributed by atoms with van der Waals surface area (Å²) in [7, 11) is 1.64. The van der Waals surface area contributed by atoms with E-state index in [4.69, 9.17) is 9.26 Å². The zero-order chi connectivity index (χ0) is 22.6. The summed E-state index contributed by atoms with van der Waals surface area (Å²) in [6, 6.07) is 11.6. The van der Waals surface area contributed by atoms with Crippen molar-refractivity contribution in [3.05, 3.63) is 54.0 Å². The molecule has 5 rings (SSSR count). The molecule has 8 heteroatoms. The third-order valence-corrected chi connectivity index (χ3v) is 6.64. The number of pyridine rings is 1. The van der Waals surface area contributed by atoms with Crippen molar-refractivity contribution >= 4 is 11.7 Å². The number of methoxy groups -OCH3 is 1. The lowest BCUT2D eigenvalue weighted by Crippen LogP contribution is -2.43. The number of carbonyl (C=O) groups excluding carboxylic acids is 1. The normalized spacial score (nSPS) is 18.6. The molecule has 1 aliphatic carbocycles.